The van der Waals surface area contributed by atoms with E-state index in [4.69, 9.17) is 5.11 Å². The number of amides is 1. The molecule has 0 aliphatic heterocycles. The summed E-state index contributed by atoms with van der Waals surface area (Å²) < 4.78 is 0. The molecular weight excluding hydrogens is 210 g/mol. The molecule has 0 aliphatic carbocycles. The van der Waals surface area contributed by atoms with Gasteiger partial charge in [0.15, 0.2) is 0 Å². The third-order valence-electron chi connectivity index (χ3n) is 2.18. The molecule has 0 aliphatic rings. The van der Waals surface area contributed by atoms with Gasteiger partial charge in [-0.2, -0.15) is 0 Å². The Hall–Kier alpha value is -1.98. The van der Waals surface area contributed by atoms with Crippen LogP contribution >= 0.6 is 0 Å². The Morgan fingerprint density at radius 3 is 2.69 bits per heavy atom. The molecule has 0 saturated heterocycles. The Kier molecular flexibility index (Phi) is 3.55. The molecule has 0 spiro atoms. The lowest BCUT2D eigenvalue weighted by Crippen LogP contribution is -2.42. The van der Waals surface area contributed by atoms with Crippen molar-refractivity contribution in [3.8, 4) is 0 Å². The molecule has 1 aromatic rings. The minimum atomic E-state index is -1.44. The summed E-state index contributed by atoms with van der Waals surface area (Å²) in [6.45, 7) is 2.90. The Labute approximate surface area is 92.7 Å². The summed E-state index contributed by atoms with van der Waals surface area (Å²) in [5.41, 5.74) is -0.808. The van der Waals surface area contributed by atoms with Crippen LogP contribution in [0.4, 0.5) is 0 Å². The number of carbonyl (C=O) groups excluding carboxylic acids is 1. The summed E-state index contributed by atoms with van der Waals surface area (Å²) in [4.78, 5) is 30.0. The van der Waals surface area contributed by atoms with Gasteiger partial charge >= 0.3 is 5.97 Å². The summed E-state index contributed by atoms with van der Waals surface area (Å²) in [5, 5.41) is 11.3. The van der Waals surface area contributed by atoms with Crippen LogP contribution in [0.1, 0.15) is 19.5 Å². The predicted molar refractivity (Wildman–Crippen MR) is 55.3 cm³/mol. The Balaban J connectivity index is 2.57. The molecule has 1 amide bonds. The highest BCUT2D eigenvalue weighted by Crippen LogP contribution is 2.15. The van der Waals surface area contributed by atoms with Crippen molar-refractivity contribution in [3.05, 3.63) is 24.3 Å². The molecule has 0 unspecified atom stereocenters. The van der Waals surface area contributed by atoms with E-state index in [2.05, 4.69) is 15.3 Å². The minimum absolute atomic E-state index is 0.193. The zero-order chi connectivity index (χ0) is 12.2. The van der Waals surface area contributed by atoms with Crippen LogP contribution in [0.2, 0.25) is 0 Å². The van der Waals surface area contributed by atoms with Gasteiger partial charge in [-0.3, -0.25) is 9.59 Å². The molecule has 0 atom stereocenters. The van der Waals surface area contributed by atoms with Crippen molar-refractivity contribution in [1.29, 1.82) is 0 Å². The van der Waals surface area contributed by atoms with Crippen molar-refractivity contribution in [2.24, 2.45) is 5.41 Å². The van der Waals surface area contributed by atoms with E-state index in [1.165, 1.54) is 20.2 Å². The fourth-order valence-electron chi connectivity index (χ4n) is 0.912. The lowest BCUT2D eigenvalue weighted by Gasteiger charge is -2.17. The zero-order valence-electron chi connectivity index (χ0n) is 9.10. The van der Waals surface area contributed by atoms with E-state index >= 15 is 0 Å². The topological polar surface area (TPSA) is 92.2 Å². The van der Waals surface area contributed by atoms with E-state index < -0.39 is 17.3 Å². The molecule has 0 fully saturated rings. The second-order valence-electron chi connectivity index (χ2n) is 3.81. The summed E-state index contributed by atoms with van der Waals surface area (Å²) >= 11 is 0. The van der Waals surface area contributed by atoms with Crippen molar-refractivity contribution >= 4 is 11.9 Å². The molecule has 0 bridgehead atoms. The first kappa shape index (κ1) is 12.1. The van der Waals surface area contributed by atoms with Crippen LogP contribution in [-0.4, -0.2) is 27.0 Å². The number of nitrogens with one attached hydrogen (secondary N) is 1. The maximum absolute atomic E-state index is 11.5. The lowest BCUT2D eigenvalue weighted by atomic mass is 9.93. The summed E-state index contributed by atoms with van der Waals surface area (Å²) in [6, 6.07) is 1.65. The number of hydrogen-bond donors (Lipinski definition) is 2. The van der Waals surface area contributed by atoms with Gasteiger partial charge in [-0.05, 0) is 19.9 Å². The zero-order valence-corrected chi connectivity index (χ0v) is 9.10. The first-order chi connectivity index (χ1) is 7.44. The maximum atomic E-state index is 11.5. The summed E-state index contributed by atoms with van der Waals surface area (Å²) in [5.74, 6) is -1.70. The molecule has 0 aromatic carbocycles. The van der Waals surface area contributed by atoms with Gasteiger partial charge in [0.1, 0.15) is 11.7 Å². The van der Waals surface area contributed by atoms with Crippen LogP contribution in [-0.2, 0) is 16.1 Å². The highest BCUT2D eigenvalue weighted by Gasteiger charge is 2.35. The second kappa shape index (κ2) is 4.69. The third-order valence-corrected chi connectivity index (χ3v) is 2.18. The Bertz CT molecular complexity index is 390. The molecule has 0 saturated carbocycles. The smallest absolute Gasteiger partial charge is 0.318 e. The first-order valence-corrected chi connectivity index (χ1v) is 4.71. The average molecular weight is 223 g/mol. The number of carbonyl (C=O) groups is 2. The Morgan fingerprint density at radius 2 is 2.19 bits per heavy atom. The van der Waals surface area contributed by atoms with Gasteiger partial charge in [-0.15, -0.1) is 0 Å². The highest BCUT2D eigenvalue weighted by atomic mass is 16.4. The van der Waals surface area contributed by atoms with Crippen molar-refractivity contribution in [3.63, 3.8) is 0 Å². The van der Waals surface area contributed by atoms with Crippen LogP contribution in [0, 0.1) is 5.41 Å². The van der Waals surface area contributed by atoms with E-state index in [9.17, 15) is 9.59 Å². The highest BCUT2D eigenvalue weighted by molar-refractivity contribution is 6.00. The van der Waals surface area contributed by atoms with Gasteiger partial charge < -0.3 is 10.4 Å². The van der Waals surface area contributed by atoms with Crippen LogP contribution in [0.15, 0.2) is 18.6 Å². The standard InChI is InChI=1S/C10H13N3O3/c1-10(2,9(15)16)8(14)12-5-7-3-4-11-6-13-7/h3-4,6H,5H2,1-2H3,(H,12,14)(H,15,16). The molecular formula is C10H13N3O3. The molecule has 1 heterocycles. The molecule has 86 valence electrons. The molecule has 1 aromatic heterocycles. The third kappa shape index (κ3) is 2.75. The number of aliphatic carboxylic acids is 1. The van der Waals surface area contributed by atoms with Gasteiger partial charge in [0.25, 0.3) is 0 Å². The van der Waals surface area contributed by atoms with E-state index in [0.717, 1.165) is 0 Å². The fraction of sp³-hybridized carbons (Fsp3) is 0.400. The number of aromatic nitrogens is 2. The quantitative estimate of drug-likeness (QED) is 0.711. The van der Waals surface area contributed by atoms with Crippen LogP contribution < -0.4 is 5.32 Å². The Morgan fingerprint density at radius 1 is 1.50 bits per heavy atom. The summed E-state index contributed by atoms with van der Waals surface area (Å²) in [6.07, 6.45) is 2.92. The number of carboxylic acids is 1. The number of carboxylic acid groups (broad SMARTS) is 1. The van der Waals surface area contributed by atoms with Crippen molar-refractivity contribution in [1.82, 2.24) is 15.3 Å². The second-order valence-corrected chi connectivity index (χ2v) is 3.81. The number of hydrogen-bond acceptors (Lipinski definition) is 4. The maximum Gasteiger partial charge on any atom is 0.318 e. The van der Waals surface area contributed by atoms with E-state index in [-0.39, 0.29) is 6.54 Å². The van der Waals surface area contributed by atoms with E-state index in [1.807, 2.05) is 0 Å². The molecule has 16 heavy (non-hydrogen) atoms. The van der Waals surface area contributed by atoms with Crippen molar-refractivity contribution in [2.45, 2.75) is 20.4 Å². The lowest BCUT2D eigenvalue weighted by molar-refractivity contribution is -0.153. The normalized spacial score (nSPS) is 10.9. The summed E-state index contributed by atoms with van der Waals surface area (Å²) in [7, 11) is 0. The van der Waals surface area contributed by atoms with Crippen molar-refractivity contribution < 1.29 is 14.7 Å². The van der Waals surface area contributed by atoms with Gasteiger partial charge in [0, 0.05) is 6.20 Å². The monoisotopic (exact) mass is 223 g/mol. The predicted octanol–water partition coefficient (Wildman–Crippen LogP) is 0.204. The molecule has 2 N–H and O–H groups in total. The van der Waals surface area contributed by atoms with E-state index in [1.54, 1.807) is 12.3 Å². The van der Waals surface area contributed by atoms with Crippen molar-refractivity contribution in [2.75, 3.05) is 0 Å². The largest absolute Gasteiger partial charge is 0.480 e. The fourth-order valence-corrected chi connectivity index (χ4v) is 0.912. The van der Waals surface area contributed by atoms with Gasteiger partial charge in [-0.25, -0.2) is 9.97 Å². The van der Waals surface area contributed by atoms with Crippen LogP contribution in [0.3, 0.4) is 0 Å². The minimum Gasteiger partial charge on any atom is -0.480 e. The van der Waals surface area contributed by atoms with Crippen LogP contribution in [0.25, 0.3) is 0 Å². The number of nitrogens with zero attached hydrogens (tertiary/aromatic N) is 2. The van der Waals surface area contributed by atoms with E-state index in [0.29, 0.717) is 5.69 Å². The van der Waals surface area contributed by atoms with Crippen LogP contribution in [0.5, 0.6) is 0 Å². The van der Waals surface area contributed by atoms with Gasteiger partial charge in [-0.1, -0.05) is 0 Å². The molecule has 0 radical (unpaired) electrons. The average Bonchev–Trinajstić information content (AvgIpc) is 2.27. The number of rotatable bonds is 4. The SMILES string of the molecule is CC(C)(C(=O)O)C(=O)NCc1ccncn1. The molecule has 6 nitrogen and oxygen atoms in total. The van der Waals surface area contributed by atoms with Gasteiger partial charge in [0.2, 0.25) is 5.91 Å². The molecule has 1 rings (SSSR count). The first-order valence-electron chi connectivity index (χ1n) is 4.71. The van der Waals surface area contributed by atoms with Gasteiger partial charge in [0.05, 0.1) is 12.2 Å². The molecule has 6 heteroatoms.